The second-order valence-electron chi connectivity index (χ2n) is 4.52. The van der Waals surface area contributed by atoms with E-state index >= 15 is 0 Å². The van der Waals surface area contributed by atoms with E-state index in [1.54, 1.807) is 10.4 Å². The minimum atomic E-state index is -3.29. The number of piperidine rings is 1. The van der Waals surface area contributed by atoms with E-state index in [0.717, 1.165) is 27.5 Å². The molecular formula is C11H15Br2NO2S2. The molecule has 0 bridgehead atoms. The molecule has 1 saturated heterocycles. The van der Waals surface area contributed by atoms with E-state index in [9.17, 15) is 8.42 Å². The van der Waals surface area contributed by atoms with Gasteiger partial charge < -0.3 is 0 Å². The molecule has 0 radical (unpaired) electrons. The molecule has 0 atom stereocenters. The van der Waals surface area contributed by atoms with E-state index in [-0.39, 0.29) is 0 Å². The predicted octanol–water partition coefficient (Wildman–Crippen LogP) is 3.61. The summed E-state index contributed by atoms with van der Waals surface area (Å²) < 4.78 is 27.9. The SMILES string of the molecule is Cc1cc(S(=O)(=O)N2CCC(CBr)CC2)sc1Br. The third-order valence-corrected chi connectivity index (χ3v) is 8.62. The zero-order chi connectivity index (χ0) is 13.3. The number of hydrogen-bond acceptors (Lipinski definition) is 3. The highest BCUT2D eigenvalue weighted by molar-refractivity contribution is 9.11. The molecule has 7 heteroatoms. The number of hydrogen-bond donors (Lipinski definition) is 0. The zero-order valence-corrected chi connectivity index (χ0v) is 14.8. The van der Waals surface area contributed by atoms with Gasteiger partial charge in [0.05, 0.1) is 3.79 Å². The summed E-state index contributed by atoms with van der Waals surface area (Å²) >= 11 is 8.15. The average molecular weight is 417 g/mol. The Balaban J connectivity index is 2.17. The highest BCUT2D eigenvalue weighted by Gasteiger charge is 2.30. The largest absolute Gasteiger partial charge is 0.252 e. The molecule has 0 aliphatic carbocycles. The molecule has 2 rings (SSSR count). The van der Waals surface area contributed by atoms with E-state index in [1.165, 1.54) is 11.3 Å². The predicted molar refractivity (Wildman–Crippen MR) is 82.0 cm³/mol. The van der Waals surface area contributed by atoms with E-state index in [2.05, 4.69) is 31.9 Å². The maximum atomic E-state index is 12.5. The Morgan fingerprint density at radius 2 is 2.06 bits per heavy atom. The Bertz CT molecular complexity index is 500. The first-order chi connectivity index (χ1) is 8.45. The molecule has 0 aromatic carbocycles. The molecule has 1 aliphatic rings. The van der Waals surface area contributed by atoms with Crippen molar-refractivity contribution in [1.29, 1.82) is 0 Å². The van der Waals surface area contributed by atoms with Crippen molar-refractivity contribution in [3.05, 3.63) is 15.4 Å². The van der Waals surface area contributed by atoms with E-state index < -0.39 is 10.0 Å². The van der Waals surface area contributed by atoms with Gasteiger partial charge in [0.15, 0.2) is 0 Å². The zero-order valence-electron chi connectivity index (χ0n) is 10.0. The van der Waals surface area contributed by atoms with Crippen LogP contribution in [0, 0.1) is 12.8 Å². The first-order valence-corrected chi connectivity index (χ1v) is 9.94. The van der Waals surface area contributed by atoms with Crippen LogP contribution in [0.3, 0.4) is 0 Å². The molecule has 1 aliphatic heterocycles. The lowest BCUT2D eigenvalue weighted by Crippen LogP contribution is -2.38. The molecule has 0 unspecified atom stereocenters. The minimum Gasteiger partial charge on any atom is -0.206 e. The molecule has 0 amide bonds. The van der Waals surface area contributed by atoms with Gasteiger partial charge in [-0.2, -0.15) is 4.31 Å². The topological polar surface area (TPSA) is 37.4 Å². The van der Waals surface area contributed by atoms with Crippen molar-refractivity contribution in [2.75, 3.05) is 18.4 Å². The van der Waals surface area contributed by atoms with Gasteiger partial charge in [0.2, 0.25) is 0 Å². The lowest BCUT2D eigenvalue weighted by molar-refractivity contribution is 0.292. The van der Waals surface area contributed by atoms with Crippen LogP contribution in [-0.2, 0) is 10.0 Å². The van der Waals surface area contributed by atoms with Crippen LogP contribution in [0.15, 0.2) is 14.1 Å². The number of alkyl halides is 1. The Morgan fingerprint density at radius 1 is 1.44 bits per heavy atom. The van der Waals surface area contributed by atoms with Crippen LogP contribution in [0.5, 0.6) is 0 Å². The summed E-state index contributed by atoms with van der Waals surface area (Å²) in [6, 6.07) is 1.75. The number of rotatable bonds is 3. The van der Waals surface area contributed by atoms with Gasteiger partial charge >= 0.3 is 0 Å². The molecule has 1 fully saturated rings. The van der Waals surface area contributed by atoms with Crippen LogP contribution in [0.4, 0.5) is 0 Å². The number of halogens is 2. The first kappa shape index (κ1) is 15.0. The Morgan fingerprint density at radius 3 is 2.50 bits per heavy atom. The highest BCUT2D eigenvalue weighted by Crippen LogP contribution is 2.33. The summed E-state index contributed by atoms with van der Waals surface area (Å²) in [6.45, 7) is 3.18. The fourth-order valence-electron chi connectivity index (χ4n) is 1.99. The van der Waals surface area contributed by atoms with Crippen molar-refractivity contribution in [2.24, 2.45) is 5.92 Å². The minimum absolute atomic E-state index is 0.448. The quantitative estimate of drug-likeness (QED) is 0.705. The Kier molecular flexibility index (Phi) is 4.91. The smallest absolute Gasteiger partial charge is 0.206 e. The van der Waals surface area contributed by atoms with Crippen molar-refractivity contribution in [1.82, 2.24) is 4.31 Å². The van der Waals surface area contributed by atoms with E-state index in [0.29, 0.717) is 23.2 Å². The van der Waals surface area contributed by atoms with Gasteiger partial charge in [0.1, 0.15) is 4.21 Å². The summed E-state index contributed by atoms with van der Waals surface area (Å²) in [5.74, 6) is 0.605. The van der Waals surface area contributed by atoms with Gasteiger partial charge in [-0.1, -0.05) is 15.9 Å². The Hall–Kier alpha value is 0.570. The van der Waals surface area contributed by atoms with Crippen LogP contribution < -0.4 is 0 Å². The molecule has 2 heterocycles. The van der Waals surface area contributed by atoms with Crippen molar-refractivity contribution < 1.29 is 8.42 Å². The summed E-state index contributed by atoms with van der Waals surface area (Å²) in [6.07, 6.45) is 1.88. The molecule has 1 aromatic heterocycles. The standard InChI is InChI=1S/C11H15Br2NO2S2/c1-8-6-10(17-11(8)13)18(15,16)14-4-2-9(7-12)3-5-14/h6,9H,2-5,7H2,1H3. The number of aryl methyl sites for hydroxylation is 1. The van der Waals surface area contributed by atoms with Gasteiger partial charge in [0.25, 0.3) is 10.0 Å². The maximum absolute atomic E-state index is 12.5. The summed E-state index contributed by atoms with van der Waals surface area (Å²) in [5, 5.41) is 0.963. The monoisotopic (exact) mass is 415 g/mol. The molecule has 0 saturated carbocycles. The lowest BCUT2D eigenvalue weighted by Gasteiger charge is -2.29. The van der Waals surface area contributed by atoms with Crippen molar-refractivity contribution in [3.8, 4) is 0 Å². The summed E-state index contributed by atoms with van der Waals surface area (Å²) in [4.78, 5) is 0. The van der Waals surface area contributed by atoms with E-state index in [4.69, 9.17) is 0 Å². The van der Waals surface area contributed by atoms with Gasteiger partial charge in [-0.15, -0.1) is 11.3 Å². The second-order valence-corrected chi connectivity index (χ2v) is 9.71. The summed E-state index contributed by atoms with van der Waals surface area (Å²) in [7, 11) is -3.29. The maximum Gasteiger partial charge on any atom is 0.252 e. The van der Waals surface area contributed by atoms with E-state index in [1.807, 2.05) is 6.92 Å². The van der Waals surface area contributed by atoms with Gasteiger partial charge in [-0.3, -0.25) is 0 Å². The average Bonchev–Trinajstić information content (AvgIpc) is 2.70. The van der Waals surface area contributed by atoms with Gasteiger partial charge in [-0.05, 0) is 53.2 Å². The summed E-state index contributed by atoms with van der Waals surface area (Å²) in [5.41, 5.74) is 0.980. The Labute approximate surface area is 129 Å². The third kappa shape index (κ3) is 3.00. The second kappa shape index (κ2) is 5.91. The van der Waals surface area contributed by atoms with Gasteiger partial charge in [-0.25, -0.2) is 8.42 Å². The number of thiophene rings is 1. The number of nitrogens with zero attached hydrogens (tertiary/aromatic N) is 1. The van der Waals surface area contributed by atoms with Crippen LogP contribution in [0.1, 0.15) is 18.4 Å². The fraction of sp³-hybridized carbons (Fsp3) is 0.636. The molecule has 3 nitrogen and oxygen atoms in total. The number of sulfonamides is 1. The van der Waals surface area contributed by atoms with Crippen molar-refractivity contribution >= 4 is 53.2 Å². The highest BCUT2D eigenvalue weighted by atomic mass is 79.9. The molecule has 0 spiro atoms. The third-order valence-electron chi connectivity index (χ3n) is 3.22. The normalized spacial score (nSPS) is 19.3. The van der Waals surface area contributed by atoms with Crippen LogP contribution in [0.25, 0.3) is 0 Å². The first-order valence-electron chi connectivity index (χ1n) is 5.77. The fourth-order valence-corrected chi connectivity index (χ4v) is 6.49. The van der Waals surface area contributed by atoms with Gasteiger partial charge in [0, 0.05) is 18.4 Å². The van der Waals surface area contributed by atoms with Crippen LogP contribution >= 0.6 is 43.2 Å². The molecular weight excluding hydrogens is 402 g/mol. The van der Waals surface area contributed by atoms with Crippen molar-refractivity contribution in [3.63, 3.8) is 0 Å². The molecule has 1 aromatic rings. The molecule has 0 N–H and O–H groups in total. The lowest BCUT2D eigenvalue weighted by atomic mass is 10.0. The van der Waals surface area contributed by atoms with Crippen LogP contribution in [0.2, 0.25) is 0 Å². The van der Waals surface area contributed by atoms with Crippen molar-refractivity contribution in [2.45, 2.75) is 24.0 Å². The molecule has 102 valence electrons. The molecule has 18 heavy (non-hydrogen) atoms. The van der Waals surface area contributed by atoms with Crippen LogP contribution in [-0.4, -0.2) is 31.1 Å².